The number of benzene rings is 1. The number of phenolic OH excluding ortho intramolecular Hbond substituents is 1. The Hall–Kier alpha value is -2.51. The molecule has 2 aromatic heterocycles. The lowest BCUT2D eigenvalue weighted by molar-refractivity contribution is -0.136. The van der Waals surface area contributed by atoms with Gasteiger partial charge in [-0.15, -0.1) is 0 Å². The molecule has 0 aliphatic carbocycles. The fourth-order valence-electron chi connectivity index (χ4n) is 2.68. The maximum absolute atomic E-state index is 12.8. The summed E-state index contributed by atoms with van der Waals surface area (Å²) in [6.45, 7) is 1.63. The molecule has 3 rings (SSSR count). The largest absolute Gasteiger partial charge is 0.506 e. The number of phenols is 1. The number of hydrogen-bond donors (Lipinski definition) is 3. The van der Waals surface area contributed by atoms with Crippen molar-refractivity contribution in [2.45, 2.75) is 13.3 Å². The SMILES string of the molecule is Cc1c(CC(=O)O)c2cc(O)c(Cl)cc2n1C(=O)c1ccc(O)s1. The first-order valence-electron chi connectivity index (χ1n) is 6.87. The summed E-state index contributed by atoms with van der Waals surface area (Å²) >= 11 is 6.88. The summed E-state index contributed by atoms with van der Waals surface area (Å²) in [5, 5.41) is 28.9. The van der Waals surface area contributed by atoms with E-state index in [4.69, 9.17) is 16.7 Å². The summed E-state index contributed by atoms with van der Waals surface area (Å²) in [4.78, 5) is 24.3. The Morgan fingerprint density at radius 1 is 1.25 bits per heavy atom. The number of thiophene rings is 1. The van der Waals surface area contributed by atoms with E-state index in [1.807, 2.05) is 0 Å². The van der Waals surface area contributed by atoms with E-state index < -0.39 is 11.9 Å². The number of aliphatic carboxylic acids is 1. The smallest absolute Gasteiger partial charge is 0.307 e. The first kappa shape index (κ1) is 16.4. The quantitative estimate of drug-likeness (QED) is 0.660. The summed E-state index contributed by atoms with van der Waals surface area (Å²) in [6.07, 6.45) is -0.292. The van der Waals surface area contributed by atoms with Crippen molar-refractivity contribution >= 4 is 45.7 Å². The Balaban J connectivity index is 2.30. The van der Waals surface area contributed by atoms with Crippen LogP contribution in [0, 0.1) is 6.92 Å². The van der Waals surface area contributed by atoms with Crippen LogP contribution < -0.4 is 0 Å². The van der Waals surface area contributed by atoms with Gasteiger partial charge in [-0.1, -0.05) is 22.9 Å². The first-order chi connectivity index (χ1) is 11.3. The molecule has 0 fully saturated rings. The molecule has 6 nitrogen and oxygen atoms in total. The van der Waals surface area contributed by atoms with Crippen molar-refractivity contribution in [2.75, 3.05) is 0 Å². The third-order valence-electron chi connectivity index (χ3n) is 3.74. The standard InChI is InChI=1S/C16H12ClNO5S/c1-7-8(5-14(20)21)9-4-12(19)10(17)6-11(9)18(7)16(23)13-2-3-15(22)24-13/h2-4,6,19,22H,5H2,1H3,(H,20,21). The second-order valence-corrected chi connectivity index (χ2v) is 6.70. The van der Waals surface area contributed by atoms with Gasteiger partial charge in [-0.05, 0) is 36.8 Å². The van der Waals surface area contributed by atoms with Gasteiger partial charge >= 0.3 is 5.97 Å². The lowest BCUT2D eigenvalue weighted by Gasteiger charge is -2.06. The van der Waals surface area contributed by atoms with Gasteiger partial charge in [0.2, 0.25) is 0 Å². The van der Waals surface area contributed by atoms with E-state index >= 15 is 0 Å². The van der Waals surface area contributed by atoms with Crippen molar-refractivity contribution in [1.29, 1.82) is 0 Å². The van der Waals surface area contributed by atoms with E-state index in [1.54, 1.807) is 6.92 Å². The van der Waals surface area contributed by atoms with Gasteiger partial charge in [0.1, 0.15) is 5.75 Å². The van der Waals surface area contributed by atoms with Gasteiger partial charge in [-0.25, -0.2) is 0 Å². The minimum atomic E-state index is -1.05. The molecule has 3 N–H and O–H groups in total. The summed E-state index contributed by atoms with van der Waals surface area (Å²) in [5.41, 5.74) is 1.29. The third-order valence-corrected chi connectivity index (χ3v) is 4.92. The highest BCUT2D eigenvalue weighted by Gasteiger charge is 2.23. The molecule has 0 spiro atoms. The molecule has 0 unspecified atom stereocenters. The zero-order valence-corrected chi connectivity index (χ0v) is 14.0. The van der Waals surface area contributed by atoms with E-state index in [-0.39, 0.29) is 22.3 Å². The van der Waals surface area contributed by atoms with Gasteiger partial charge in [-0.3, -0.25) is 14.2 Å². The predicted octanol–water partition coefficient (Wildman–Crippen LogP) is 3.39. The number of halogens is 1. The van der Waals surface area contributed by atoms with E-state index in [1.165, 1.54) is 28.8 Å². The van der Waals surface area contributed by atoms with E-state index in [2.05, 4.69) is 0 Å². The van der Waals surface area contributed by atoms with Crippen LogP contribution in [-0.4, -0.2) is 31.8 Å². The van der Waals surface area contributed by atoms with E-state index in [0.717, 1.165) is 11.3 Å². The van der Waals surface area contributed by atoms with Gasteiger partial charge in [0.05, 0.1) is 21.8 Å². The first-order valence-corrected chi connectivity index (χ1v) is 8.06. The number of hydrogen-bond acceptors (Lipinski definition) is 5. The maximum atomic E-state index is 12.8. The van der Waals surface area contributed by atoms with Gasteiger partial charge in [0.15, 0.2) is 5.06 Å². The van der Waals surface area contributed by atoms with Crippen molar-refractivity contribution in [3.05, 3.63) is 45.4 Å². The molecule has 24 heavy (non-hydrogen) atoms. The molecular weight excluding hydrogens is 354 g/mol. The Morgan fingerprint density at radius 3 is 2.54 bits per heavy atom. The van der Waals surface area contributed by atoms with Crippen LogP contribution in [0.1, 0.15) is 20.9 Å². The maximum Gasteiger partial charge on any atom is 0.307 e. The van der Waals surface area contributed by atoms with Crippen LogP contribution in [0.3, 0.4) is 0 Å². The highest BCUT2D eigenvalue weighted by molar-refractivity contribution is 7.15. The molecule has 2 heterocycles. The molecule has 0 aliphatic heterocycles. The van der Waals surface area contributed by atoms with Crippen LogP contribution in [-0.2, 0) is 11.2 Å². The highest BCUT2D eigenvalue weighted by Crippen LogP contribution is 2.35. The number of fused-ring (bicyclic) bond motifs is 1. The fourth-order valence-corrected chi connectivity index (χ4v) is 3.51. The lowest BCUT2D eigenvalue weighted by Crippen LogP contribution is -2.12. The molecule has 0 aliphatic rings. The third kappa shape index (κ3) is 2.61. The molecule has 0 saturated carbocycles. The van der Waals surface area contributed by atoms with Crippen molar-refractivity contribution in [3.8, 4) is 10.8 Å². The van der Waals surface area contributed by atoms with Crippen molar-refractivity contribution in [2.24, 2.45) is 0 Å². The zero-order chi connectivity index (χ0) is 17.6. The Morgan fingerprint density at radius 2 is 1.96 bits per heavy atom. The number of aromatic nitrogens is 1. The van der Waals surface area contributed by atoms with Crippen LogP contribution in [0.2, 0.25) is 5.02 Å². The number of carboxylic acids is 1. The topological polar surface area (TPSA) is 99.8 Å². The van der Waals surface area contributed by atoms with Crippen LogP contribution >= 0.6 is 22.9 Å². The van der Waals surface area contributed by atoms with Gasteiger partial charge < -0.3 is 15.3 Å². The normalized spacial score (nSPS) is 11.1. The Bertz CT molecular complexity index is 988. The zero-order valence-electron chi connectivity index (χ0n) is 12.4. The summed E-state index contributed by atoms with van der Waals surface area (Å²) < 4.78 is 1.35. The number of aromatic hydroxyl groups is 2. The molecule has 124 valence electrons. The summed E-state index contributed by atoms with van der Waals surface area (Å²) in [6, 6.07) is 5.69. The monoisotopic (exact) mass is 365 g/mol. The average molecular weight is 366 g/mol. The minimum Gasteiger partial charge on any atom is -0.506 e. The number of nitrogens with zero attached hydrogens (tertiary/aromatic N) is 1. The minimum absolute atomic E-state index is 0.00824. The number of carboxylic acid groups (broad SMARTS) is 1. The number of rotatable bonds is 3. The van der Waals surface area contributed by atoms with E-state index in [9.17, 15) is 19.8 Å². The molecule has 1 aromatic carbocycles. The molecule has 3 aromatic rings. The molecular formula is C16H12ClNO5S. The average Bonchev–Trinajstić information content (AvgIpc) is 3.03. The van der Waals surface area contributed by atoms with Crippen LogP contribution in [0.5, 0.6) is 10.8 Å². The molecule has 0 atom stereocenters. The van der Waals surface area contributed by atoms with Crippen molar-refractivity contribution < 1.29 is 24.9 Å². The highest BCUT2D eigenvalue weighted by atomic mass is 35.5. The van der Waals surface area contributed by atoms with Gasteiger partial charge in [0.25, 0.3) is 5.91 Å². The number of carbonyl (C=O) groups excluding carboxylic acids is 1. The van der Waals surface area contributed by atoms with Crippen molar-refractivity contribution in [1.82, 2.24) is 4.57 Å². The summed E-state index contributed by atoms with van der Waals surface area (Å²) in [5.74, 6) is -1.64. The van der Waals surface area contributed by atoms with Crippen LogP contribution in [0.15, 0.2) is 24.3 Å². The number of carbonyl (C=O) groups is 2. The molecule has 8 heteroatoms. The second kappa shape index (κ2) is 5.85. The van der Waals surface area contributed by atoms with E-state index in [0.29, 0.717) is 27.0 Å². The molecule has 0 bridgehead atoms. The molecule has 0 amide bonds. The predicted molar refractivity (Wildman–Crippen MR) is 90.4 cm³/mol. The lowest BCUT2D eigenvalue weighted by atomic mass is 10.1. The molecule has 0 saturated heterocycles. The van der Waals surface area contributed by atoms with Crippen LogP contribution in [0.4, 0.5) is 0 Å². The summed E-state index contributed by atoms with van der Waals surface area (Å²) in [7, 11) is 0. The Kier molecular flexibility index (Phi) is 3.98. The molecule has 0 radical (unpaired) electrons. The fraction of sp³-hybridized carbons (Fsp3) is 0.125. The second-order valence-electron chi connectivity index (χ2n) is 5.23. The van der Waals surface area contributed by atoms with Gasteiger partial charge in [-0.2, -0.15) is 0 Å². The van der Waals surface area contributed by atoms with Gasteiger partial charge in [0, 0.05) is 11.1 Å². The van der Waals surface area contributed by atoms with Crippen molar-refractivity contribution in [3.63, 3.8) is 0 Å². The Labute approximate surface area is 145 Å². The van der Waals surface area contributed by atoms with Crippen LogP contribution in [0.25, 0.3) is 10.9 Å².